The fraction of sp³-hybridized carbons (Fsp3) is 0.423. The first-order chi connectivity index (χ1) is 32.9. The van der Waals surface area contributed by atoms with Crippen molar-refractivity contribution < 1.29 is 38.6 Å². The molecule has 0 radical (unpaired) electrons. The number of aromatic hydroxyl groups is 1. The Kier molecular flexibility index (Phi) is 17.6. The van der Waals surface area contributed by atoms with E-state index >= 15 is 9.59 Å². The van der Waals surface area contributed by atoms with Gasteiger partial charge in [-0.3, -0.25) is 33.7 Å². The maximum Gasteiger partial charge on any atom is 0.251 e. The molecule has 69 heavy (non-hydrogen) atoms. The highest BCUT2D eigenvalue weighted by atomic mass is 35.5. The third-order valence-electron chi connectivity index (χ3n) is 13.3. The molecular formula is C52H65ClN8O8. The van der Waals surface area contributed by atoms with Crippen molar-refractivity contribution in [3.63, 3.8) is 0 Å². The zero-order valence-corrected chi connectivity index (χ0v) is 41.0. The number of Topliss-reactive ketones (excluding diaryl/α,β-unsaturated/α-hetero) is 1. The number of phenols is 1. The molecule has 2 aliphatic heterocycles. The van der Waals surface area contributed by atoms with Gasteiger partial charge in [0.05, 0.1) is 6.04 Å². The van der Waals surface area contributed by atoms with E-state index in [0.717, 1.165) is 37.3 Å². The van der Waals surface area contributed by atoms with Crippen molar-refractivity contribution in [3.8, 4) is 33.8 Å². The molecule has 5 amide bonds. The molecule has 17 heteroatoms. The summed E-state index contributed by atoms with van der Waals surface area (Å²) in [6, 6.07) is 19.7. The highest BCUT2D eigenvalue weighted by molar-refractivity contribution is 6.30. The number of likely N-dealkylation sites (N-methyl/N-ethyl adjacent to an activating group) is 2. The standard InChI is InChI=1S/C52H65ClN8O8/c1-32(34(3)62)55-49(66)44-30-35-10-20-45(63)41(29-35)42-31-39(17-21-46(42)69-28-27-61-25-23-59(5)24-26-61)52(4,51(68)56-33(2)47(64)58-44)60(6)50(67)43(9-7-8-22-54)57-48(65)38-13-11-36(12-14-38)37-15-18-40(53)19-16-37/h10-21,29,31-33,43-44,63H,7-9,22-28,30,54H2,1-6H3,(H,55,66)(H,56,68)(H,57,65)(H,58,64)/t32-,33-,43-,44-,52?/m0/s1. The van der Waals surface area contributed by atoms with Crippen molar-refractivity contribution in [1.82, 2.24) is 36.0 Å². The van der Waals surface area contributed by atoms with Gasteiger partial charge in [-0.1, -0.05) is 48.0 Å². The first kappa shape index (κ1) is 52.0. The van der Waals surface area contributed by atoms with Crippen LogP contribution in [0.15, 0.2) is 84.9 Å². The number of nitrogens with zero attached hydrogens (tertiary/aromatic N) is 3. The minimum absolute atomic E-state index is 0.0336. The molecule has 4 aromatic carbocycles. The monoisotopic (exact) mass is 964 g/mol. The lowest BCUT2D eigenvalue weighted by atomic mass is 9.85. The van der Waals surface area contributed by atoms with Gasteiger partial charge in [-0.25, -0.2) is 0 Å². The average molecular weight is 966 g/mol. The molecule has 1 fully saturated rings. The third kappa shape index (κ3) is 12.9. The summed E-state index contributed by atoms with van der Waals surface area (Å²) in [6.45, 7) is 10.8. The van der Waals surface area contributed by atoms with Crippen molar-refractivity contribution >= 4 is 46.9 Å². The van der Waals surface area contributed by atoms with Crippen LogP contribution in [0.3, 0.4) is 0 Å². The highest BCUT2D eigenvalue weighted by Gasteiger charge is 2.45. The van der Waals surface area contributed by atoms with Gasteiger partial charge in [0.1, 0.15) is 41.8 Å². The van der Waals surface area contributed by atoms with Crippen molar-refractivity contribution in [2.75, 3.05) is 60.0 Å². The predicted octanol–water partition coefficient (Wildman–Crippen LogP) is 4.25. The van der Waals surface area contributed by atoms with Gasteiger partial charge < -0.3 is 46.6 Å². The van der Waals surface area contributed by atoms with Crippen LogP contribution in [0, 0.1) is 0 Å². The van der Waals surface area contributed by atoms with Crippen molar-refractivity contribution in [3.05, 3.63) is 107 Å². The molecule has 2 heterocycles. The number of amides is 5. The van der Waals surface area contributed by atoms with E-state index in [-0.39, 0.29) is 24.4 Å². The minimum atomic E-state index is -1.87. The molecule has 0 aromatic heterocycles. The second kappa shape index (κ2) is 23.3. The lowest BCUT2D eigenvalue weighted by Gasteiger charge is -2.40. The van der Waals surface area contributed by atoms with Gasteiger partial charge in [0.25, 0.3) is 11.8 Å². The summed E-state index contributed by atoms with van der Waals surface area (Å²) >= 11 is 6.09. The lowest BCUT2D eigenvalue weighted by molar-refractivity contribution is -0.148. The number of ketones is 1. The topological polar surface area (TPSA) is 216 Å². The third-order valence-corrected chi connectivity index (χ3v) is 13.5. The van der Waals surface area contributed by atoms with E-state index in [2.05, 4.69) is 38.1 Å². The van der Waals surface area contributed by atoms with Crippen LogP contribution in [-0.4, -0.2) is 139 Å². The summed E-state index contributed by atoms with van der Waals surface area (Å²) in [7, 11) is 3.55. The van der Waals surface area contributed by atoms with Gasteiger partial charge in [-0.15, -0.1) is 0 Å². The van der Waals surface area contributed by atoms with Gasteiger partial charge in [0, 0.05) is 67.9 Å². The Morgan fingerprint density at radius 2 is 1.58 bits per heavy atom. The number of benzene rings is 4. The van der Waals surface area contributed by atoms with E-state index in [1.54, 1.807) is 73.7 Å². The van der Waals surface area contributed by atoms with Crippen molar-refractivity contribution in [1.29, 1.82) is 0 Å². The van der Waals surface area contributed by atoms with E-state index < -0.39 is 59.2 Å². The second-order valence-corrected chi connectivity index (χ2v) is 18.7. The Morgan fingerprint density at radius 3 is 2.23 bits per heavy atom. The number of fused-ring (bicyclic) bond motifs is 5. The van der Waals surface area contributed by atoms with Crippen LogP contribution in [0.2, 0.25) is 5.02 Å². The number of rotatable bonds is 16. The molecule has 4 aromatic rings. The first-order valence-electron chi connectivity index (χ1n) is 23.5. The van der Waals surface area contributed by atoms with Gasteiger partial charge in [-0.2, -0.15) is 0 Å². The Hall–Kier alpha value is -6.33. The van der Waals surface area contributed by atoms with Crippen LogP contribution in [0.5, 0.6) is 11.5 Å². The predicted molar refractivity (Wildman–Crippen MR) is 266 cm³/mol. The van der Waals surface area contributed by atoms with Gasteiger partial charge >= 0.3 is 0 Å². The highest BCUT2D eigenvalue weighted by Crippen LogP contribution is 2.41. The molecule has 7 N–H and O–H groups in total. The fourth-order valence-corrected chi connectivity index (χ4v) is 8.52. The number of hydrogen-bond acceptors (Lipinski definition) is 11. The van der Waals surface area contributed by atoms with E-state index in [4.69, 9.17) is 22.1 Å². The summed E-state index contributed by atoms with van der Waals surface area (Å²) in [4.78, 5) is 89.7. The number of ether oxygens (including phenoxy) is 1. The van der Waals surface area contributed by atoms with Crippen LogP contribution < -0.4 is 31.7 Å². The Morgan fingerprint density at radius 1 is 0.913 bits per heavy atom. The number of unbranched alkanes of at least 4 members (excludes halogenated alkanes) is 1. The van der Waals surface area contributed by atoms with E-state index in [0.29, 0.717) is 71.1 Å². The molecule has 4 bridgehead atoms. The van der Waals surface area contributed by atoms with Crippen molar-refractivity contribution in [2.45, 2.75) is 83.1 Å². The maximum absolute atomic E-state index is 15.0. The van der Waals surface area contributed by atoms with E-state index in [9.17, 15) is 24.3 Å². The molecule has 1 saturated heterocycles. The molecule has 16 nitrogen and oxygen atoms in total. The smallest absolute Gasteiger partial charge is 0.251 e. The number of nitrogens with one attached hydrogen (secondary N) is 4. The number of carbonyl (C=O) groups excluding carboxylic acids is 6. The number of hydrogen-bond donors (Lipinski definition) is 6. The summed E-state index contributed by atoms with van der Waals surface area (Å²) in [5.41, 5.74) is 7.66. The zero-order valence-electron chi connectivity index (χ0n) is 40.3. The SMILES string of the molecule is CC(=O)[C@H](C)NC(=O)[C@@H]1Cc2ccc(O)c(c2)-c2cc(ccc2OCCN2CCN(C)CC2)C(C)(N(C)C(=O)[C@H](CCCCN)NC(=O)c2ccc(-c3ccc(Cl)cc3)cc2)C(=O)N[C@@H](C)C(=O)N1. The van der Waals surface area contributed by atoms with Crippen LogP contribution in [-0.2, 0) is 35.9 Å². The average Bonchev–Trinajstić information content (AvgIpc) is 3.33. The summed E-state index contributed by atoms with van der Waals surface area (Å²) < 4.78 is 6.48. The Bertz CT molecular complexity index is 2500. The number of carbonyl (C=O) groups is 6. The van der Waals surface area contributed by atoms with Gasteiger partial charge in [0.2, 0.25) is 17.7 Å². The van der Waals surface area contributed by atoms with Gasteiger partial charge in [0.15, 0.2) is 5.78 Å². The maximum atomic E-state index is 15.0. The van der Waals surface area contributed by atoms with Crippen LogP contribution in [0.25, 0.3) is 22.3 Å². The summed E-state index contributed by atoms with van der Waals surface area (Å²) in [5, 5.41) is 23.3. The normalized spacial score (nSPS) is 19.8. The molecule has 0 spiro atoms. The molecule has 5 atom stereocenters. The number of halogens is 1. The molecular weight excluding hydrogens is 900 g/mol. The molecule has 2 aliphatic rings. The number of phenolic OH excluding ortho intramolecular Hbond substituents is 1. The first-order valence-corrected chi connectivity index (χ1v) is 23.8. The molecule has 0 saturated carbocycles. The van der Waals surface area contributed by atoms with Gasteiger partial charge in [-0.05, 0) is 131 Å². The second-order valence-electron chi connectivity index (χ2n) is 18.2. The van der Waals surface area contributed by atoms with E-state index in [1.807, 2.05) is 12.1 Å². The summed E-state index contributed by atoms with van der Waals surface area (Å²) in [5.74, 6) is -3.20. The molecule has 368 valence electrons. The van der Waals surface area contributed by atoms with Crippen LogP contribution in [0.4, 0.5) is 0 Å². The summed E-state index contributed by atoms with van der Waals surface area (Å²) in [6.07, 6.45) is 1.21. The molecule has 1 unspecified atom stereocenters. The largest absolute Gasteiger partial charge is 0.507 e. The quantitative estimate of drug-likeness (QED) is 0.0874. The van der Waals surface area contributed by atoms with Crippen molar-refractivity contribution in [2.24, 2.45) is 5.73 Å². The Labute approximate surface area is 409 Å². The van der Waals surface area contributed by atoms with E-state index in [1.165, 1.54) is 38.8 Å². The Balaban J connectivity index is 1.40. The fourth-order valence-electron chi connectivity index (χ4n) is 8.39. The molecule has 6 rings (SSSR count). The number of nitrogens with two attached hydrogens (primary N) is 1. The lowest BCUT2D eigenvalue weighted by Crippen LogP contribution is -2.62. The van der Waals surface area contributed by atoms with Crippen LogP contribution in [0.1, 0.15) is 68.4 Å². The van der Waals surface area contributed by atoms with Crippen LogP contribution >= 0.6 is 11.6 Å². The molecule has 0 aliphatic carbocycles. The number of piperazine rings is 1. The zero-order chi connectivity index (χ0) is 50.0. The minimum Gasteiger partial charge on any atom is -0.507 e.